The number of hydrogen-bond acceptors (Lipinski definition) is 3. The van der Waals surface area contributed by atoms with E-state index in [1.54, 1.807) is 12.1 Å². The van der Waals surface area contributed by atoms with Crippen LogP contribution in [0.2, 0.25) is 0 Å². The minimum atomic E-state index is -0.0587. The van der Waals surface area contributed by atoms with E-state index in [9.17, 15) is 9.59 Å². The number of carbonyl (C=O) groups excluding carboxylic acids is 2. The van der Waals surface area contributed by atoms with Crippen molar-refractivity contribution >= 4 is 33.2 Å². The molecule has 0 spiro atoms. The van der Waals surface area contributed by atoms with Crippen molar-refractivity contribution in [3.8, 4) is 0 Å². The molecule has 0 radical (unpaired) electrons. The second-order valence-electron chi connectivity index (χ2n) is 8.18. The predicted molar refractivity (Wildman–Crippen MR) is 120 cm³/mol. The van der Waals surface area contributed by atoms with Crippen molar-refractivity contribution in [2.45, 2.75) is 18.4 Å². The molecule has 0 aromatic heterocycles. The smallest absolute Gasteiger partial charge is 0.194 e. The summed E-state index contributed by atoms with van der Waals surface area (Å²) >= 11 is 3.52. The summed E-state index contributed by atoms with van der Waals surface area (Å²) in [4.78, 5) is 26.6. The Morgan fingerprint density at radius 3 is 2.33 bits per heavy atom. The average Bonchev–Trinajstić information content (AvgIpc) is 3.27. The van der Waals surface area contributed by atoms with Crippen LogP contribution in [0.5, 0.6) is 0 Å². The van der Waals surface area contributed by atoms with Crippen LogP contribution in [-0.4, -0.2) is 11.6 Å². The summed E-state index contributed by atoms with van der Waals surface area (Å²) in [6.07, 6.45) is 5.37. The largest absolute Gasteiger partial charge is 0.378 e. The van der Waals surface area contributed by atoms with E-state index in [1.807, 2.05) is 24.3 Å². The number of nitrogens with one attached hydrogen (secondary N) is 1. The molecule has 3 aromatic carbocycles. The molecular weight excluding hydrogens is 438 g/mol. The van der Waals surface area contributed by atoms with E-state index in [0.29, 0.717) is 28.2 Å². The highest BCUT2D eigenvalue weighted by molar-refractivity contribution is 9.10. The number of allylic oxidation sites excluding steroid dienone is 2. The van der Waals surface area contributed by atoms with E-state index in [-0.39, 0.29) is 23.5 Å². The van der Waals surface area contributed by atoms with Crippen LogP contribution in [0.15, 0.2) is 77.3 Å². The van der Waals surface area contributed by atoms with Gasteiger partial charge in [-0.1, -0.05) is 64.5 Å². The molecule has 3 atom stereocenters. The second-order valence-corrected chi connectivity index (χ2v) is 9.10. The van der Waals surface area contributed by atoms with Crippen LogP contribution in [0.3, 0.4) is 0 Å². The number of hydrogen-bond donors (Lipinski definition) is 1. The van der Waals surface area contributed by atoms with Gasteiger partial charge in [-0.05, 0) is 47.7 Å². The quantitative estimate of drug-likeness (QED) is 0.355. The van der Waals surface area contributed by atoms with Crippen LogP contribution < -0.4 is 5.32 Å². The zero-order valence-electron chi connectivity index (χ0n) is 16.1. The molecule has 0 saturated heterocycles. The summed E-state index contributed by atoms with van der Waals surface area (Å²) < 4.78 is 1.06. The van der Waals surface area contributed by atoms with Crippen molar-refractivity contribution < 1.29 is 9.59 Å². The number of halogens is 1. The van der Waals surface area contributed by atoms with Gasteiger partial charge in [-0.3, -0.25) is 9.59 Å². The molecule has 2 aliphatic carbocycles. The minimum absolute atomic E-state index is 0.0417. The molecule has 0 saturated carbocycles. The molecule has 146 valence electrons. The Hall–Kier alpha value is -2.98. The fraction of sp³-hybridized carbons (Fsp3) is 0.154. The molecule has 1 aliphatic heterocycles. The van der Waals surface area contributed by atoms with Crippen LogP contribution in [0, 0.1) is 5.92 Å². The van der Waals surface area contributed by atoms with E-state index in [2.05, 4.69) is 57.7 Å². The Kier molecular flexibility index (Phi) is 3.87. The summed E-state index contributed by atoms with van der Waals surface area (Å²) in [7, 11) is 0. The van der Waals surface area contributed by atoms with Gasteiger partial charge < -0.3 is 5.32 Å². The third kappa shape index (κ3) is 2.43. The minimum Gasteiger partial charge on any atom is -0.378 e. The first-order valence-corrected chi connectivity index (χ1v) is 11.0. The van der Waals surface area contributed by atoms with Gasteiger partial charge in [0, 0.05) is 38.3 Å². The van der Waals surface area contributed by atoms with Crippen LogP contribution in [-0.2, 0) is 0 Å². The van der Waals surface area contributed by atoms with E-state index in [4.69, 9.17) is 0 Å². The molecule has 0 bridgehead atoms. The molecule has 4 heteroatoms. The Morgan fingerprint density at radius 1 is 0.833 bits per heavy atom. The third-order valence-corrected chi connectivity index (χ3v) is 7.18. The summed E-state index contributed by atoms with van der Waals surface area (Å²) in [5.41, 5.74) is 5.29. The molecule has 0 amide bonds. The predicted octanol–water partition coefficient (Wildman–Crippen LogP) is 6.05. The molecule has 30 heavy (non-hydrogen) atoms. The SMILES string of the molecule is O=C1c2ccccc2C(=O)c2c1ccc1c2[C@@H]2C=CC[C@@H]2[C@H](c2ccc(Br)cc2)N1. The highest BCUT2D eigenvalue weighted by Gasteiger charge is 2.42. The van der Waals surface area contributed by atoms with Crippen molar-refractivity contribution in [3.63, 3.8) is 0 Å². The Balaban J connectivity index is 1.53. The molecule has 1 heterocycles. The molecule has 1 N–H and O–H groups in total. The van der Waals surface area contributed by atoms with Gasteiger partial charge in [0.05, 0.1) is 6.04 Å². The highest BCUT2D eigenvalue weighted by Crippen LogP contribution is 2.52. The van der Waals surface area contributed by atoms with E-state index >= 15 is 0 Å². The van der Waals surface area contributed by atoms with Crippen LogP contribution in [0.25, 0.3) is 0 Å². The van der Waals surface area contributed by atoms with Gasteiger partial charge in [-0.15, -0.1) is 0 Å². The Morgan fingerprint density at radius 2 is 1.57 bits per heavy atom. The monoisotopic (exact) mass is 455 g/mol. The fourth-order valence-corrected chi connectivity index (χ4v) is 5.55. The zero-order chi connectivity index (χ0) is 20.4. The van der Waals surface area contributed by atoms with E-state index in [0.717, 1.165) is 22.1 Å². The first-order chi connectivity index (χ1) is 14.6. The molecule has 6 rings (SSSR count). The first kappa shape index (κ1) is 17.8. The highest BCUT2D eigenvalue weighted by atomic mass is 79.9. The van der Waals surface area contributed by atoms with E-state index in [1.165, 1.54) is 5.56 Å². The molecule has 3 aromatic rings. The summed E-state index contributed by atoms with van der Waals surface area (Å²) in [5, 5.41) is 3.69. The molecule has 3 nitrogen and oxygen atoms in total. The zero-order valence-corrected chi connectivity index (χ0v) is 17.6. The number of benzene rings is 3. The fourth-order valence-electron chi connectivity index (χ4n) is 5.28. The topological polar surface area (TPSA) is 46.2 Å². The van der Waals surface area contributed by atoms with Gasteiger partial charge in [0.25, 0.3) is 0 Å². The van der Waals surface area contributed by atoms with E-state index < -0.39 is 0 Å². The van der Waals surface area contributed by atoms with Crippen LogP contribution in [0.4, 0.5) is 5.69 Å². The van der Waals surface area contributed by atoms with Gasteiger partial charge in [-0.25, -0.2) is 0 Å². The first-order valence-electron chi connectivity index (χ1n) is 10.2. The lowest BCUT2D eigenvalue weighted by atomic mass is 9.71. The van der Waals surface area contributed by atoms with Gasteiger partial charge in [0.2, 0.25) is 0 Å². The molecule has 0 fully saturated rings. The number of ketones is 2. The lowest BCUT2D eigenvalue weighted by Crippen LogP contribution is -2.32. The van der Waals surface area contributed by atoms with Crippen molar-refractivity contribution in [1.29, 1.82) is 0 Å². The maximum absolute atomic E-state index is 13.5. The van der Waals surface area contributed by atoms with Crippen LogP contribution >= 0.6 is 15.9 Å². The number of carbonyl (C=O) groups is 2. The van der Waals surface area contributed by atoms with Crippen molar-refractivity contribution in [3.05, 3.63) is 111 Å². The number of anilines is 1. The van der Waals surface area contributed by atoms with Gasteiger partial charge in [0.1, 0.15) is 0 Å². The van der Waals surface area contributed by atoms with Gasteiger partial charge >= 0.3 is 0 Å². The Bertz CT molecular complexity index is 1260. The normalized spacial score (nSPS) is 23.3. The summed E-state index contributed by atoms with van der Waals surface area (Å²) in [6.45, 7) is 0. The number of rotatable bonds is 1. The molecule has 0 unspecified atom stereocenters. The lowest BCUT2D eigenvalue weighted by molar-refractivity contribution is 0.0978. The maximum atomic E-state index is 13.5. The van der Waals surface area contributed by atoms with Crippen molar-refractivity contribution in [2.75, 3.05) is 5.32 Å². The third-order valence-electron chi connectivity index (χ3n) is 6.65. The molecule has 3 aliphatic rings. The van der Waals surface area contributed by atoms with Crippen molar-refractivity contribution in [2.24, 2.45) is 5.92 Å². The standard InChI is InChI=1S/C26H18BrNO2/c27-15-10-8-14(9-11-15)24-17-7-3-6-16(17)22-21(28-24)13-12-20-23(22)26(30)19-5-2-1-4-18(19)25(20)29/h1-6,8-13,16-17,24,28H,7H2/t16-,17+,24+/m1/s1. The summed E-state index contributed by atoms with van der Waals surface area (Å²) in [5.74, 6) is 0.327. The molecular formula is C26H18BrNO2. The van der Waals surface area contributed by atoms with Gasteiger partial charge in [-0.2, -0.15) is 0 Å². The number of fused-ring (bicyclic) bond motifs is 6. The summed E-state index contributed by atoms with van der Waals surface area (Å²) in [6, 6.07) is 19.5. The average molecular weight is 456 g/mol. The maximum Gasteiger partial charge on any atom is 0.194 e. The second kappa shape index (κ2) is 6.51. The van der Waals surface area contributed by atoms with Crippen LogP contribution in [0.1, 0.15) is 61.4 Å². The van der Waals surface area contributed by atoms with Crippen molar-refractivity contribution in [1.82, 2.24) is 0 Å². The van der Waals surface area contributed by atoms with Gasteiger partial charge in [0.15, 0.2) is 11.6 Å². The lowest BCUT2D eigenvalue weighted by Gasteiger charge is -2.39. The Labute approximate surface area is 182 Å².